The molecule has 0 aliphatic carbocycles. The SMILES string of the molecule is CCNC(=O)[C@@H]1CCCN(c2nc3ncn(CC(=O)Nc4cc(C)on4)c(=O)c3s2)C1. The standard InChI is InChI=1S/C19H23N7O4S/c1-3-20-17(28)12-5-4-6-25(8-12)19-23-16-15(31-19)18(29)26(10-21-16)9-14(27)22-13-7-11(2)30-24-13/h7,10,12H,3-6,8-9H2,1-2H3,(H,20,28)(H,22,24,27)/t12-/m1/s1. The first-order valence-electron chi connectivity index (χ1n) is 10.1. The highest BCUT2D eigenvalue weighted by Gasteiger charge is 2.27. The molecule has 3 aromatic heterocycles. The lowest BCUT2D eigenvalue weighted by Gasteiger charge is -2.31. The van der Waals surface area contributed by atoms with Crippen LogP contribution < -0.4 is 21.1 Å². The van der Waals surface area contributed by atoms with E-state index < -0.39 is 5.91 Å². The van der Waals surface area contributed by atoms with Gasteiger partial charge in [0.1, 0.15) is 23.3 Å². The lowest BCUT2D eigenvalue weighted by Crippen LogP contribution is -2.43. The van der Waals surface area contributed by atoms with Crippen LogP contribution in [0.2, 0.25) is 0 Å². The Morgan fingerprint density at radius 2 is 2.23 bits per heavy atom. The quantitative estimate of drug-likeness (QED) is 0.577. The number of hydrogen-bond acceptors (Lipinski definition) is 9. The van der Waals surface area contributed by atoms with E-state index in [4.69, 9.17) is 4.52 Å². The van der Waals surface area contributed by atoms with E-state index in [0.717, 1.165) is 19.4 Å². The molecule has 1 fully saturated rings. The molecule has 1 saturated heterocycles. The molecule has 3 aromatic rings. The lowest BCUT2D eigenvalue weighted by molar-refractivity contribution is -0.125. The van der Waals surface area contributed by atoms with E-state index >= 15 is 0 Å². The van der Waals surface area contributed by atoms with E-state index in [2.05, 4.69) is 25.8 Å². The van der Waals surface area contributed by atoms with Crippen LogP contribution in [-0.2, 0) is 16.1 Å². The number of anilines is 2. The molecule has 0 spiro atoms. The van der Waals surface area contributed by atoms with Crippen LogP contribution in [0.15, 0.2) is 21.7 Å². The highest BCUT2D eigenvalue weighted by atomic mass is 32.1. The average molecular weight is 446 g/mol. The maximum absolute atomic E-state index is 12.9. The molecule has 2 amide bonds. The maximum atomic E-state index is 12.9. The van der Waals surface area contributed by atoms with Gasteiger partial charge in [-0.2, -0.15) is 4.98 Å². The minimum Gasteiger partial charge on any atom is -0.360 e. The smallest absolute Gasteiger partial charge is 0.273 e. The summed E-state index contributed by atoms with van der Waals surface area (Å²) in [5, 5.41) is 9.81. The van der Waals surface area contributed by atoms with Crippen molar-refractivity contribution < 1.29 is 14.1 Å². The number of carbonyl (C=O) groups excluding carboxylic acids is 2. The fourth-order valence-corrected chi connectivity index (χ4v) is 4.53. The summed E-state index contributed by atoms with van der Waals surface area (Å²) < 4.78 is 6.53. The Bertz CT molecular complexity index is 1170. The van der Waals surface area contributed by atoms with E-state index in [0.29, 0.717) is 34.3 Å². The molecule has 0 radical (unpaired) electrons. The second-order valence-corrected chi connectivity index (χ2v) is 8.36. The van der Waals surface area contributed by atoms with Gasteiger partial charge in [0, 0.05) is 25.7 Å². The van der Waals surface area contributed by atoms with Gasteiger partial charge in [-0.3, -0.25) is 19.0 Å². The number of amides is 2. The molecule has 1 aliphatic heterocycles. The number of hydrogen-bond donors (Lipinski definition) is 2. The summed E-state index contributed by atoms with van der Waals surface area (Å²) in [7, 11) is 0. The highest BCUT2D eigenvalue weighted by Crippen LogP contribution is 2.29. The van der Waals surface area contributed by atoms with Crippen molar-refractivity contribution in [3.05, 3.63) is 28.5 Å². The van der Waals surface area contributed by atoms with Crippen LogP contribution in [0.25, 0.3) is 10.3 Å². The fourth-order valence-electron chi connectivity index (χ4n) is 3.53. The number of rotatable bonds is 6. The number of nitrogens with zero attached hydrogens (tertiary/aromatic N) is 5. The molecule has 31 heavy (non-hydrogen) atoms. The number of thiazole rings is 1. The number of nitrogens with one attached hydrogen (secondary N) is 2. The van der Waals surface area contributed by atoms with Crippen LogP contribution >= 0.6 is 11.3 Å². The van der Waals surface area contributed by atoms with E-state index in [1.807, 2.05) is 11.8 Å². The summed E-state index contributed by atoms with van der Waals surface area (Å²) >= 11 is 1.23. The molecule has 12 heteroatoms. The van der Waals surface area contributed by atoms with Crippen molar-refractivity contribution in [1.29, 1.82) is 0 Å². The van der Waals surface area contributed by atoms with Crippen molar-refractivity contribution in [1.82, 2.24) is 25.0 Å². The van der Waals surface area contributed by atoms with Gasteiger partial charge in [0.25, 0.3) is 5.56 Å². The van der Waals surface area contributed by atoms with Gasteiger partial charge in [0.05, 0.1) is 5.92 Å². The summed E-state index contributed by atoms with van der Waals surface area (Å²) in [6.07, 6.45) is 3.02. The Kier molecular flexibility index (Phi) is 5.98. The van der Waals surface area contributed by atoms with Crippen LogP contribution in [0.4, 0.5) is 10.9 Å². The van der Waals surface area contributed by atoms with Gasteiger partial charge >= 0.3 is 0 Å². The van der Waals surface area contributed by atoms with Crippen LogP contribution in [0.1, 0.15) is 25.5 Å². The molecular weight excluding hydrogens is 422 g/mol. The third-order valence-corrected chi connectivity index (χ3v) is 6.09. The summed E-state index contributed by atoms with van der Waals surface area (Å²) in [5.74, 6) is 0.384. The third-order valence-electron chi connectivity index (χ3n) is 5.00. The van der Waals surface area contributed by atoms with Crippen molar-refractivity contribution in [2.75, 3.05) is 29.9 Å². The Balaban J connectivity index is 1.50. The molecule has 0 bridgehead atoms. The summed E-state index contributed by atoms with van der Waals surface area (Å²) in [6, 6.07) is 1.59. The van der Waals surface area contributed by atoms with E-state index in [1.54, 1.807) is 13.0 Å². The molecule has 0 aromatic carbocycles. The zero-order chi connectivity index (χ0) is 22.0. The molecule has 4 rings (SSSR count). The van der Waals surface area contributed by atoms with Crippen LogP contribution in [-0.4, -0.2) is 51.1 Å². The molecule has 11 nitrogen and oxygen atoms in total. The molecular formula is C19H23N7O4S. The lowest BCUT2D eigenvalue weighted by atomic mass is 9.97. The van der Waals surface area contributed by atoms with Crippen molar-refractivity contribution in [2.45, 2.75) is 33.2 Å². The predicted molar refractivity (Wildman–Crippen MR) is 115 cm³/mol. The predicted octanol–water partition coefficient (Wildman–Crippen LogP) is 1.14. The monoisotopic (exact) mass is 445 g/mol. The molecule has 4 heterocycles. The molecule has 0 unspecified atom stereocenters. The molecule has 164 valence electrons. The normalized spacial score (nSPS) is 16.5. The van der Waals surface area contributed by atoms with Gasteiger partial charge in [0.15, 0.2) is 16.6 Å². The zero-order valence-corrected chi connectivity index (χ0v) is 18.1. The Hall–Kier alpha value is -3.28. The second kappa shape index (κ2) is 8.84. The summed E-state index contributed by atoms with van der Waals surface area (Å²) in [4.78, 5) is 48.1. The number of aromatic nitrogens is 4. The number of carbonyl (C=O) groups is 2. The first-order valence-corrected chi connectivity index (χ1v) is 10.9. The van der Waals surface area contributed by atoms with Gasteiger partial charge in [-0.25, -0.2) is 4.98 Å². The highest BCUT2D eigenvalue weighted by molar-refractivity contribution is 7.22. The average Bonchev–Trinajstić information content (AvgIpc) is 3.37. The van der Waals surface area contributed by atoms with Crippen LogP contribution in [0.5, 0.6) is 0 Å². The zero-order valence-electron chi connectivity index (χ0n) is 17.3. The number of piperidine rings is 1. The van der Waals surface area contributed by atoms with E-state index in [9.17, 15) is 14.4 Å². The van der Waals surface area contributed by atoms with Gasteiger partial charge in [0.2, 0.25) is 11.8 Å². The molecule has 1 aliphatic rings. The Morgan fingerprint density at radius 3 is 2.97 bits per heavy atom. The maximum Gasteiger partial charge on any atom is 0.273 e. The van der Waals surface area contributed by atoms with Crippen molar-refractivity contribution in [2.24, 2.45) is 5.92 Å². The van der Waals surface area contributed by atoms with E-state index in [-0.39, 0.29) is 29.7 Å². The molecule has 0 saturated carbocycles. The molecule has 1 atom stereocenters. The summed E-state index contributed by atoms with van der Waals surface area (Å²) in [6.45, 7) is 5.33. The van der Waals surface area contributed by atoms with Gasteiger partial charge in [-0.15, -0.1) is 0 Å². The Morgan fingerprint density at radius 1 is 1.39 bits per heavy atom. The minimum absolute atomic E-state index is 0.0436. The van der Waals surface area contributed by atoms with Gasteiger partial charge in [-0.1, -0.05) is 16.5 Å². The van der Waals surface area contributed by atoms with Crippen LogP contribution in [0.3, 0.4) is 0 Å². The Labute approximate surface area is 181 Å². The third kappa shape index (κ3) is 4.58. The van der Waals surface area contributed by atoms with Crippen molar-refractivity contribution >= 4 is 44.4 Å². The first kappa shape index (κ1) is 21.0. The van der Waals surface area contributed by atoms with Gasteiger partial charge < -0.3 is 20.1 Å². The fraction of sp³-hybridized carbons (Fsp3) is 0.474. The van der Waals surface area contributed by atoms with E-state index in [1.165, 1.54) is 22.2 Å². The summed E-state index contributed by atoms with van der Waals surface area (Å²) in [5.41, 5.74) is 0.00596. The van der Waals surface area contributed by atoms with Gasteiger partial charge in [-0.05, 0) is 26.7 Å². The van der Waals surface area contributed by atoms with Crippen molar-refractivity contribution in [3.8, 4) is 0 Å². The van der Waals surface area contributed by atoms with Crippen molar-refractivity contribution in [3.63, 3.8) is 0 Å². The van der Waals surface area contributed by atoms with Crippen LogP contribution in [0, 0.1) is 12.8 Å². The minimum atomic E-state index is -0.415. The second-order valence-electron chi connectivity index (χ2n) is 7.38. The number of aryl methyl sites for hydroxylation is 1. The number of fused-ring (bicyclic) bond motifs is 1. The largest absolute Gasteiger partial charge is 0.360 e. The topological polar surface area (TPSA) is 135 Å². The molecule has 2 N–H and O–H groups in total. The first-order chi connectivity index (χ1) is 14.9.